The Hall–Kier alpha value is -3.29. The lowest BCUT2D eigenvalue weighted by Gasteiger charge is -2.17. The van der Waals surface area contributed by atoms with Crippen molar-refractivity contribution in [1.29, 1.82) is 10.5 Å². The van der Waals surface area contributed by atoms with Crippen LogP contribution in [-0.4, -0.2) is 30.6 Å². The molecule has 2 rings (SSSR count). The summed E-state index contributed by atoms with van der Waals surface area (Å²) in [6.45, 7) is 3.02. The van der Waals surface area contributed by atoms with E-state index in [2.05, 4.69) is 4.98 Å². The van der Waals surface area contributed by atoms with Crippen LogP contribution in [0.4, 0.5) is 5.82 Å². The number of hydrogen-bond donors (Lipinski definition) is 2. The van der Waals surface area contributed by atoms with Crippen molar-refractivity contribution >= 4 is 5.82 Å². The zero-order valence-corrected chi connectivity index (χ0v) is 14.4. The van der Waals surface area contributed by atoms with E-state index < -0.39 is 5.56 Å². The molecule has 1 heterocycles. The van der Waals surface area contributed by atoms with Crippen LogP contribution in [0.2, 0.25) is 0 Å². The number of aromatic amines is 1. The lowest BCUT2D eigenvalue weighted by atomic mass is 9.95. The number of nitrogens with zero attached hydrogens (tertiary/aromatic N) is 3. The third-order valence-corrected chi connectivity index (χ3v) is 3.60. The van der Waals surface area contributed by atoms with Gasteiger partial charge in [0.05, 0.1) is 6.61 Å². The zero-order valence-electron chi connectivity index (χ0n) is 14.4. The molecule has 3 N–H and O–H groups in total. The summed E-state index contributed by atoms with van der Waals surface area (Å²) in [5.41, 5.74) is 6.81. The lowest BCUT2D eigenvalue weighted by Crippen LogP contribution is -2.16. The topological polar surface area (TPSA) is 119 Å². The Morgan fingerprint density at radius 3 is 2.48 bits per heavy atom. The molecule has 128 valence electrons. The minimum atomic E-state index is -0.614. The first-order valence-corrected chi connectivity index (χ1v) is 7.69. The molecular formula is C18H19N5O2. The SMILES string of the molecule is CCOc1ccc(-c2c(C#N)c(N)[nH]c(=O)c2C#N)cc1CN(C)C. The van der Waals surface area contributed by atoms with Gasteiger partial charge in [-0.25, -0.2) is 0 Å². The number of rotatable bonds is 5. The van der Waals surface area contributed by atoms with Gasteiger partial charge in [0.1, 0.15) is 34.8 Å². The summed E-state index contributed by atoms with van der Waals surface area (Å²) in [6.07, 6.45) is 0. The Balaban J connectivity index is 2.77. The number of nitriles is 2. The van der Waals surface area contributed by atoms with Crippen LogP contribution in [0.1, 0.15) is 23.6 Å². The highest BCUT2D eigenvalue weighted by molar-refractivity contribution is 5.80. The number of aromatic nitrogens is 1. The number of benzene rings is 1. The molecule has 0 fully saturated rings. The first kappa shape index (κ1) is 18.1. The summed E-state index contributed by atoms with van der Waals surface area (Å²) < 4.78 is 5.64. The van der Waals surface area contributed by atoms with Gasteiger partial charge >= 0.3 is 0 Å². The molecule has 0 atom stereocenters. The van der Waals surface area contributed by atoms with Gasteiger partial charge in [-0.15, -0.1) is 0 Å². The predicted octanol–water partition coefficient (Wildman–Crippen LogP) is 1.83. The molecule has 1 aromatic heterocycles. The van der Waals surface area contributed by atoms with Crippen molar-refractivity contribution < 1.29 is 4.74 Å². The van der Waals surface area contributed by atoms with E-state index in [1.54, 1.807) is 12.1 Å². The third-order valence-electron chi connectivity index (χ3n) is 3.60. The van der Waals surface area contributed by atoms with Crippen molar-refractivity contribution in [3.8, 4) is 29.0 Å². The van der Waals surface area contributed by atoms with Crippen LogP contribution in [0, 0.1) is 22.7 Å². The van der Waals surface area contributed by atoms with E-state index in [0.29, 0.717) is 18.7 Å². The summed E-state index contributed by atoms with van der Waals surface area (Å²) in [6, 6.07) is 9.17. The number of pyridine rings is 1. The van der Waals surface area contributed by atoms with Gasteiger partial charge in [-0.1, -0.05) is 6.07 Å². The first-order valence-electron chi connectivity index (χ1n) is 7.69. The van der Waals surface area contributed by atoms with Gasteiger partial charge in [-0.05, 0) is 38.7 Å². The highest BCUT2D eigenvalue weighted by Gasteiger charge is 2.19. The Morgan fingerprint density at radius 1 is 1.24 bits per heavy atom. The van der Waals surface area contributed by atoms with Gasteiger partial charge in [0.15, 0.2) is 0 Å². The summed E-state index contributed by atoms with van der Waals surface area (Å²) in [7, 11) is 3.85. The minimum Gasteiger partial charge on any atom is -0.494 e. The maximum Gasteiger partial charge on any atom is 0.268 e. The van der Waals surface area contributed by atoms with Crippen molar-refractivity contribution in [3.05, 3.63) is 45.2 Å². The number of nitrogens with one attached hydrogen (secondary N) is 1. The van der Waals surface area contributed by atoms with E-state index in [0.717, 1.165) is 11.3 Å². The molecule has 7 nitrogen and oxygen atoms in total. The van der Waals surface area contributed by atoms with Gasteiger partial charge in [0.25, 0.3) is 5.56 Å². The normalized spacial score (nSPS) is 10.3. The number of ether oxygens (including phenoxy) is 1. The van der Waals surface area contributed by atoms with E-state index in [1.165, 1.54) is 0 Å². The molecule has 0 aliphatic rings. The maximum atomic E-state index is 12.1. The van der Waals surface area contributed by atoms with Gasteiger partial charge in [-0.2, -0.15) is 10.5 Å². The van der Waals surface area contributed by atoms with Crippen LogP contribution in [0.3, 0.4) is 0 Å². The maximum absolute atomic E-state index is 12.1. The molecule has 0 spiro atoms. The Bertz CT molecular complexity index is 932. The largest absolute Gasteiger partial charge is 0.494 e. The predicted molar refractivity (Wildman–Crippen MR) is 94.9 cm³/mol. The van der Waals surface area contributed by atoms with Crippen molar-refractivity contribution in [1.82, 2.24) is 9.88 Å². The second kappa shape index (κ2) is 7.52. The van der Waals surface area contributed by atoms with E-state index in [9.17, 15) is 15.3 Å². The fourth-order valence-electron chi connectivity index (χ4n) is 2.63. The second-order valence-corrected chi connectivity index (χ2v) is 5.71. The van der Waals surface area contributed by atoms with Crippen molar-refractivity contribution in [2.45, 2.75) is 13.5 Å². The zero-order chi connectivity index (χ0) is 18.6. The van der Waals surface area contributed by atoms with Crippen LogP contribution in [-0.2, 0) is 6.54 Å². The summed E-state index contributed by atoms with van der Waals surface area (Å²) in [5.74, 6) is 0.666. The Kier molecular flexibility index (Phi) is 5.43. The fraction of sp³-hybridized carbons (Fsp3) is 0.278. The van der Waals surface area contributed by atoms with E-state index in [1.807, 2.05) is 44.1 Å². The molecule has 0 aliphatic heterocycles. The number of H-pyrrole nitrogens is 1. The molecule has 2 aromatic rings. The van der Waals surface area contributed by atoms with Crippen molar-refractivity contribution in [3.63, 3.8) is 0 Å². The molecule has 7 heteroatoms. The van der Waals surface area contributed by atoms with Crippen LogP contribution in [0.5, 0.6) is 5.75 Å². The monoisotopic (exact) mass is 337 g/mol. The number of nitrogen functional groups attached to an aromatic ring is 1. The highest BCUT2D eigenvalue weighted by Crippen LogP contribution is 2.32. The summed E-state index contributed by atoms with van der Waals surface area (Å²) in [5, 5.41) is 18.8. The second-order valence-electron chi connectivity index (χ2n) is 5.71. The molecule has 0 saturated heterocycles. The van der Waals surface area contributed by atoms with Crippen LogP contribution in [0.25, 0.3) is 11.1 Å². The van der Waals surface area contributed by atoms with Crippen LogP contribution >= 0.6 is 0 Å². The fourth-order valence-corrected chi connectivity index (χ4v) is 2.63. The van der Waals surface area contributed by atoms with E-state index >= 15 is 0 Å². The first-order chi connectivity index (χ1) is 11.9. The van der Waals surface area contributed by atoms with Gasteiger partial charge in [-0.3, -0.25) is 4.79 Å². The average molecular weight is 337 g/mol. The Morgan fingerprint density at radius 2 is 1.92 bits per heavy atom. The quantitative estimate of drug-likeness (QED) is 0.859. The third kappa shape index (κ3) is 3.63. The summed E-state index contributed by atoms with van der Waals surface area (Å²) in [4.78, 5) is 16.4. The standard InChI is InChI=1S/C18H19N5O2/c1-4-25-15-6-5-11(7-12(15)10-23(2)3)16-13(8-19)17(21)22-18(24)14(16)9-20/h5-7H,4,10H2,1-3H3,(H3,21,22,24). The van der Waals surface area contributed by atoms with Crippen molar-refractivity contribution in [2.75, 3.05) is 26.4 Å². The molecule has 0 bridgehead atoms. The average Bonchev–Trinajstić information content (AvgIpc) is 2.55. The van der Waals surface area contributed by atoms with Crippen LogP contribution in [0.15, 0.2) is 23.0 Å². The van der Waals surface area contributed by atoms with Crippen LogP contribution < -0.4 is 16.0 Å². The van der Waals surface area contributed by atoms with Gasteiger partial charge < -0.3 is 20.4 Å². The molecular weight excluding hydrogens is 318 g/mol. The van der Waals surface area contributed by atoms with Crippen molar-refractivity contribution in [2.24, 2.45) is 0 Å². The molecule has 1 aromatic carbocycles. The molecule has 0 aliphatic carbocycles. The molecule has 25 heavy (non-hydrogen) atoms. The number of nitrogens with two attached hydrogens (primary N) is 1. The minimum absolute atomic E-state index is 0.0513. The number of anilines is 1. The Labute approximate surface area is 145 Å². The molecule has 0 saturated carbocycles. The van der Waals surface area contributed by atoms with Gasteiger partial charge in [0, 0.05) is 17.7 Å². The highest BCUT2D eigenvalue weighted by atomic mass is 16.5. The molecule has 0 amide bonds. The molecule has 0 unspecified atom stereocenters. The number of hydrogen-bond acceptors (Lipinski definition) is 6. The lowest BCUT2D eigenvalue weighted by molar-refractivity contribution is 0.325. The smallest absolute Gasteiger partial charge is 0.268 e. The molecule has 0 radical (unpaired) electrons. The van der Waals surface area contributed by atoms with Gasteiger partial charge in [0.2, 0.25) is 0 Å². The summed E-state index contributed by atoms with van der Waals surface area (Å²) >= 11 is 0. The van der Waals surface area contributed by atoms with E-state index in [-0.39, 0.29) is 22.5 Å². The van der Waals surface area contributed by atoms with E-state index in [4.69, 9.17) is 10.5 Å².